The summed E-state index contributed by atoms with van der Waals surface area (Å²) >= 11 is 1.56. The molecule has 1 aliphatic rings. The average Bonchev–Trinajstić information content (AvgIpc) is 2.81. The first-order chi connectivity index (χ1) is 8.70. The summed E-state index contributed by atoms with van der Waals surface area (Å²) < 4.78 is 0. The number of thiazole rings is 1. The highest BCUT2D eigenvalue weighted by atomic mass is 32.1. The fraction of sp³-hybridized carbons (Fsp3) is 0.667. The van der Waals surface area contributed by atoms with Crippen LogP contribution in [0.5, 0.6) is 0 Å². The van der Waals surface area contributed by atoms with Crippen LogP contribution in [0.1, 0.15) is 23.4 Å². The van der Waals surface area contributed by atoms with Crippen molar-refractivity contribution in [3.05, 3.63) is 16.1 Å². The number of aromatic nitrogens is 1. The van der Waals surface area contributed by atoms with Crippen LogP contribution in [-0.4, -0.2) is 40.7 Å². The smallest absolute Gasteiger partial charge is 0.317 e. The molecule has 2 heterocycles. The van der Waals surface area contributed by atoms with Gasteiger partial charge in [-0.1, -0.05) is 0 Å². The number of piperidine rings is 1. The van der Waals surface area contributed by atoms with Gasteiger partial charge in [-0.15, -0.1) is 11.3 Å². The van der Waals surface area contributed by atoms with E-state index in [2.05, 4.69) is 10.3 Å². The maximum atomic E-state index is 12.0. The summed E-state index contributed by atoms with van der Waals surface area (Å²) in [6.07, 6.45) is 1.98. The zero-order valence-corrected chi connectivity index (χ0v) is 11.4. The molecule has 2 amide bonds. The van der Waals surface area contributed by atoms with Crippen molar-refractivity contribution in [3.8, 4) is 0 Å². The Bertz CT molecular complexity index is 408. The van der Waals surface area contributed by atoms with Crippen LogP contribution in [0.15, 0.2) is 5.51 Å². The number of aryl methyl sites for hydroxylation is 1. The molecule has 2 N–H and O–H groups in total. The van der Waals surface area contributed by atoms with Gasteiger partial charge in [0.25, 0.3) is 0 Å². The van der Waals surface area contributed by atoms with E-state index >= 15 is 0 Å². The van der Waals surface area contributed by atoms with Crippen LogP contribution in [0, 0.1) is 12.8 Å². The maximum absolute atomic E-state index is 12.0. The Morgan fingerprint density at radius 3 is 3.22 bits per heavy atom. The van der Waals surface area contributed by atoms with Crippen molar-refractivity contribution in [2.24, 2.45) is 5.92 Å². The van der Waals surface area contributed by atoms with Crippen molar-refractivity contribution >= 4 is 17.4 Å². The van der Waals surface area contributed by atoms with Gasteiger partial charge in [-0.3, -0.25) is 0 Å². The number of hydrogen-bond acceptors (Lipinski definition) is 4. The Morgan fingerprint density at radius 2 is 2.56 bits per heavy atom. The normalized spacial score (nSPS) is 19.9. The number of amides is 2. The molecular formula is C12H19N3O2S. The van der Waals surface area contributed by atoms with Crippen LogP contribution in [0.3, 0.4) is 0 Å². The van der Waals surface area contributed by atoms with Gasteiger partial charge in [0.05, 0.1) is 17.7 Å². The lowest BCUT2D eigenvalue weighted by Gasteiger charge is -2.31. The number of hydrogen-bond donors (Lipinski definition) is 2. The monoisotopic (exact) mass is 269 g/mol. The molecule has 100 valence electrons. The number of nitrogens with zero attached hydrogens (tertiary/aromatic N) is 2. The molecular weight excluding hydrogens is 250 g/mol. The topological polar surface area (TPSA) is 65.5 Å². The Morgan fingerprint density at radius 1 is 1.72 bits per heavy atom. The summed E-state index contributed by atoms with van der Waals surface area (Å²) in [7, 11) is 0. The van der Waals surface area contributed by atoms with E-state index in [9.17, 15) is 4.79 Å². The molecule has 0 saturated carbocycles. The van der Waals surface area contributed by atoms with Crippen LogP contribution in [0.4, 0.5) is 4.79 Å². The van der Waals surface area contributed by atoms with Crippen LogP contribution in [0.25, 0.3) is 0 Å². The van der Waals surface area contributed by atoms with E-state index in [0.29, 0.717) is 13.1 Å². The van der Waals surface area contributed by atoms with Crippen LogP contribution >= 0.6 is 11.3 Å². The molecule has 2 rings (SSSR count). The van der Waals surface area contributed by atoms with Crippen molar-refractivity contribution in [3.63, 3.8) is 0 Å². The largest absolute Gasteiger partial charge is 0.396 e. The van der Waals surface area contributed by atoms with E-state index in [4.69, 9.17) is 5.11 Å². The highest BCUT2D eigenvalue weighted by molar-refractivity contribution is 7.09. The third-order valence-corrected chi connectivity index (χ3v) is 4.24. The molecule has 0 aliphatic carbocycles. The van der Waals surface area contributed by atoms with Crippen molar-refractivity contribution in [1.29, 1.82) is 0 Å². The first-order valence-electron chi connectivity index (χ1n) is 6.23. The highest BCUT2D eigenvalue weighted by Crippen LogP contribution is 2.16. The fourth-order valence-electron chi connectivity index (χ4n) is 2.16. The van der Waals surface area contributed by atoms with Crippen LogP contribution in [-0.2, 0) is 6.54 Å². The van der Waals surface area contributed by atoms with E-state index in [1.165, 1.54) is 0 Å². The Kier molecular flexibility index (Phi) is 4.54. The van der Waals surface area contributed by atoms with Gasteiger partial charge in [0.15, 0.2) is 0 Å². The summed E-state index contributed by atoms with van der Waals surface area (Å²) in [6, 6.07) is -0.0408. The van der Waals surface area contributed by atoms with Crippen molar-refractivity contribution in [2.75, 3.05) is 19.7 Å². The van der Waals surface area contributed by atoms with E-state index < -0.39 is 0 Å². The van der Waals surface area contributed by atoms with E-state index in [1.807, 2.05) is 6.92 Å². The summed E-state index contributed by atoms with van der Waals surface area (Å²) in [5, 5.41) is 12.1. The van der Waals surface area contributed by atoms with E-state index in [0.717, 1.165) is 30.0 Å². The van der Waals surface area contributed by atoms with Crippen molar-refractivity contribution in [2.45, 2.75) is 26.3 Å². The second-order valence-electron chi connectivity index (χ2n) is 4.66. The lowest BCUT2D eigenvalue weighted by molar-refractivity contribution is 0.129. The molecule has 1 aromatic heterocycles. The number of nitrogens with one attached hydrogen (secondary N) is 1. The SMILES string of the molecule is Cc1ncsc1CNC(=O)N1CCCC(CO)C1. The minimum absolute atomic E-state index is 0.0408. The molecule has 1 atom stereocenters. The standard InChI is InChI=1S/C12H19N3O2S/c1-9-11(18-8-14-9)5-13-12(17)15-4-2-3-10(6-15)7-16/h8,10,16H,2-7H2,1H3,(H,13,17). The van der Waals surface area contributed by atoms with Gasteiger partial charge in [-0.25, -0.2) is 9.78 Å². The van der Waals surface area contributed by atoms with Crippen LogP contribution in [0.2, 0.25) is 0 Å². The zero-order chi connectivity index (χ0) is 13.0. The molecule has 0 radical (unpaired) electrons. The van der Waals surface area contributed by atoms with Gasteiger partial charge in [-0.2, -0.15) is 0 Å². The summed E-state index contributed by atoms with van der Waals surface area (Å²) in [5.41, 5.74) is 2.77. The number of carbonyl (C=O) groups excluding carboxylic acids is 1. The fourth-order valence-corrected chi connectivity index (χ4v) is 2.88. The third-order valence-electron chi connectivity index (χ3n) is 3.31. The Balaban J connectivity index is 1.82. The molecule has 1 saturated heterocycles. The van der Waals surface area contributed by atoms with Gasteiger partial charge in [0.2, 0.25) is 0 Å². The molecule has 0 spiro atoms. The number of rotatable bonds is 3. The number of aliphatic hydroxyl groups excluding tert-OH is 1. The number of likely N-dealkylation sites (tertiary alicyclic amines) is 1. The molecule has 5 nitrogen and oxygen atoms in total. The molecule has 1 aromatic rings. The molecule has 0 aromatic carbocycles. The van der Waals surface area contributed by atoms with Gasteiger partial charge in [-0.05, 0) is 25.7 Å². The maximum Gasteiger partial charge on any atom is 0.317 e. The van der Waals surface area contributed by atoms with Crippen LogP contribution < -0.4 is 5.32 Å². The number of carbonyl (C=O) groups is 1. The van der Waals surface area contributed by atoms with E-state index in [-0.39, 0.29) is 18.6 Å². The van der Waals surface area contributed by atoms with Gasteiger partial charge >= 0.3 is 6.03 Å². The Hall–Kier alpha value is -1.14. The minimum atomic E-state index is -0.0408. The van der Waals surface area contributed by atoms with Crippen molar-refractivity contribution in [1.82, 2.24) is 15.2 Å². The molecule has 1 aliphatic heterocycles. The van der Waals surface area contributed by atoms with Gasteiger partial charge in [0.1, 0.15) is 0 Å². The lowest BCUT2D eigenvalue weighted by atomic mass is 9.99. The lowest BCUT2D eigenvalue weighted by Crippen LogP contribution is -2.45. The molecule has 1 fully saturated rings. The Labute approximate surface area is 111 Å². The summed E-state index contributed by atoms with van der Waals surface area (Å²) in [6.45, 7) is 4.09. The highest BCUT2D eigenvalue weighted by Gasteiger charge is 2.22. The first-order valence-corrected chi connectivity index (χ1v) is 7.11. The number of urea groups is 1. The van der Waals surface area contributed by atoms with Crippen molar-refractivity contribution < 1.29 is 9.90 Å². The molecule has 1 unspecified atom stereocenters. The summed E-state index contributed by atoms with van der Waals surface area (Å²) in [5.74, 6) is 0.231. The predicted octanol–water partition coefficient (Wildman–Crippen LogP) is 1.37. The first kappa shape index (κ1) is 13.3. The summed E-state index contributed by atoms with van der Waals surface area (Å²) in [4.78, 5) is 19.0. The van der Waals surface area contributed by atoms with E-state index in [1.54, 1.807) is 21.7 Å². The zero-order valence-electron chi connectivity index (χ0n) is 10.6. The second kappa shape index (κ2) is 6.15. The predicted molar refractivity (Wildman–Crippen MR) is 70.5 cm³/mol. The quantitative estimate of drug-likeness (QED) is 0.871. The van der Waals surface area contributed by atoms with Gasteiger partial charge in [0, 0.05) is 24.6 Å². The third kappa shape index (κ3) is 3.20. The minimum Gasteiger partial charge on any atom is -0.396 e. The molecule has 18 heavy (non-hydrogen) atoms. The van der Waals surface area contributed by atoms with Gasteiger partial charge < -0.3 is 15.3 Å². The average molecular weight is 269 g/mol. The number of aliphatic hydroxyl groups is 1. The second-order valence-corrected chi connectivity index (χ2v) is 5.60. The molecule has 0 bridgehead atoms. The molecule has 6 heteroatoms.